The van der Waals surface area contributed by atoms with Crippen molar-refractivity contribution in [3.63, 3.8) is 0 Å². The van der Waals surface area contributed by atoms with Gasteiger partial charge in [-0.25, -0.2) is 0 Å². The Morgan fingerprint density at radius 3 is 2.21 bits per heavy atom. The fraction of sp³-hybridized carbons (Fsp3) is 0.913. The number of rotatable bonds is 5. The zero-order chi connectivity index (χ0) is 19.4. The number of likely N-dealkylation sites (tertiary alicyclic amines) is 2. The number of ether oxygens (including phenoxy) is 1. The Morgan fingerprint density at radius 2 is 1.50 bits per heavy atom. The van der Waals surface area contributed by atoms with E-state index >= 15 is 0 Å². The molecule has 0 aromatic carbocycles. The summed E-state index contributed by atoms with van der Waals surface area (Å²) in [7, 11) is 0. The normalized spacial score (nSPS) is 28.2. The van der Waals surface area contributed by atoms with Crippen LogP contribution in [0.15, 0.2) is 0 Å². The van der Waals surface area contributed by atoms with Gasteiger partial charge in [-0.05, 0) is 56.8 Å². The van der Waals surface area contributed by atoms with Gasteiger partial charge in [0.1, 0.15) is 0 Å². The van der Waals surface area contributed by atoms with Crippen LogP contribution in [0.4, 0.5) is 0 Å². The topological polar surface area (TPSA) is 49.9 Å². The molecule has 0 aromatic rings. The van der Waals surface area contributed by atoms with Gasteiger partial charge < -0.3 is 14.5 Å². The van der Waals surface area contributed by atoms with Crippen molar-refractivity contribution in [3.05, 3.63) is 0 Å². The summed E-state index contributed by atoms with van der Waals surface area (Å²) in [6.07, 6.45) is 14.0. The number of hydrogen-bond acceptors (Lipinski definition) is 3. The van der Waals surface area contributed by atoms with E-state index in [2.05, 4.69) is 4.90 Å². The first kappa shape index (κ1) is 20.2. The highest BCUT2D eigenvalue weighted by atomic mass is 16.5. The van der Waals surface area contributed by atoms with Crippen molar-refractivity contribution in [2.75, 3.05) is 32.8 Å². The summed E-state index contributed by atoms with van der Waals surface area (Å²) in [5.74, 6) is 1.93. The fourth-order valence-electron chi connectivity index (χ4n) is 5.94. The van der Waals surface area contributed by atoms with Crippen molar-refractivity contribution in [1.29, 1.82) is 0 Å². The lowest BCUT2D eigenvalue weighted by Crippen LogP contribution is -2.51. The summed E-state index contributed by atoms with van der Waals surface area (Å²) in [5, 5.41) is 0. The molecule has 158 valence electrons. The number of nitrogens with zero attached hydrogens (tertiary/aromatic N) is 2. The van der Waals surface area contributed by atoms with Crippen LogP contribution in [0.25, 0.3) is 0 Å². The second-order valence-corrected chi connectivity index (χ2v) is 9.75. The fourth-order valence-corrected chi connectivity index (χ4v) is 5.94. The lowest BCUT2D eigenvalue weighted by Gasteiger charge is -2.46. The highest BCUT2D eigenvalue weighted by molar-refractivity contribution is 5.77. The molecule has 5 nitrogen and oxygen atoms in total. The summed E-state index contributed by atoms with van der Waals surface area (Å²) in [6.45, 7) is 4.33. The molecule has 3 saturated heterocycles. The first-order valence-electron chi connectivity index (χ1n) is 11.8. The second kappa shape index (κ2) is 9.15. The molecule has 0 aromatic heterocycles. The molecule has 4 fully saturated rings. The molecule has 1 aliphatic carbocycles. The number of piperidine rings is 1. The molecule has 3 heterocycles. The minimum absolute atomic E-state index is 0.0869. The van der Waals surface area contributed by atoms with E-state index in [4.69, 9.17) is 4.74 Å². The van der Waals surface area contributed by atoms with Crippen molar-refractivity contribution in [2.45, 2.75) is 89.1 Å². The van der Waals surface area contributed by atoms with E-state index in [1.54, 1.807) is 0 Å². The van der Waals surface area contributed by atoms with Crippen molar-refractivity contribution >= 4 is 11.8 Å². The quantitative estimate of drug-likeness (QED) is 0.718. The zero-order valence-electron chi connectivity index (χ0n) is 17.5. The number of amides is 2. The van der Waals surface area contributed by atoms with Crippen LogP contribution in [-0.2, 0) is 14.3 Å². The van der Waals surface area contributed by atoms with Crippen molar-refractivity contribution < 1.29 is 14.3 Å². The van der Waals surface area contributed by atoms with Crippen LogP contribution in [0, 0.1) is 11.8 Å². The van der Waals surface area contributed by atoms with Gasteiger partial charge in [-0.15, -0.1) is 0 Å². The smallest absolute Gasteiger partial charge is 0.222 e. The van der Waals surface area contributed by atoms with Crippen LogP contribution in [0.5, 0.6) is 0 Å². The molecular formula is C23H38N2O3. The predicted molar refractivity (Wildman–Crippen MR) is 109 cm³/mol. The van der Waals surface area contributed by atoms with Crippen molar-refractivity contribution in [3.8, 4) is 0 Å². The molecule has 4 rings (SSSR count). The maximum Gasteiger partial charge on any atom is 0.222 e. The molecule has 0 bridgehead atoms. The summed E-state index contributed by atoms with van der Waals surface area (Å²) in [6, 6.07) is 0. The Bertz CT molecular complexity index is 544. The standard InChI is InChI=1S/C23H38N2O3/c26-21(8-7-19-5-1-2-6-19)25-14-10-23(11-15-25)18-20(9-16-28-23)17-22(27)24-12-3-4-13-24/h19-20H,1-18H2. The number of carbonyl (C=O) groups is 2. The lowest BCUT2D eigenvalue weighted by atomic mass is 9.78. The van der Waals surface area contributed by atoms with Crippen LogP contribution in [0.1, 0.15) is 83.5 Å². The molecule has 5 heteroatoms. The Kier molecular flexibility index (Phi) is 6.59. The minimum Gasteiger partial charge on any atom is -0.375 e. The molecule has 0 radical (unpaired) electrons. The molecule has 2 amide bonds. The van der Waals surface area contributed by atoms with Gasteiger partial charge in [0.05, 0.1) is 5.60 Å². The van der Waals surface area contributed by atoms with E-state index in [0.29, 0.717) is 24.2 Å². The third kappa shape index (κ3) is 4.90. The maximum atomic E-state index is 12.6. The van der Waals surface area contributed by atoms with E-state index < -0.39 is 0 Å². The van der Waals surface area contributed by atoms with Crippen LogP contribution >= 0.6 is 0 Å². The van der Waals surface area contributed by atoms with Gasteiger partial charge in [-0.1, -0.05) is 25.7 Å². The Hall–Kier alpha value is -1.10. The molecule has 3 aliphatic heterocycles. The molecule has 4 aliphatic rings. The Labute approximate surface area is 170 Å². The van der Waals surface area contributed by atoms with E-state index in [1.807, 2.05) is 4.90 Å². The second-order valence-electron chi connectivity index (χ2n) is 9.75. The monoisotopic (exact) mass is 390 g/mol. The van der Waals surface area contributed by atoms with Gasteiger partial charge >= 0.3 is 0 Å². The first-order chi connectivity index (χ1) is 13.6. The Balaban J connectivity index is 1.22. The molecule has 0 N–H and O–H groups in total. The highest BCUT2D eigenvalue weighted by Gasteiger charge is 2.41. The third-order valence-electron chi connectivity index (χ3n) is 7.79. The summed E-state index contributed by atoms with van der Waals surface area (Å²) >= 11 is 0. The average Bonchev–Trinajstić information content (AvgIpc) is 3.41. The van der Waals surface area contributed by atoms with Crippen LogP contribution in [0.2, 0.25) is 0 Å². The molecule has 1 saturated carbocycles. The molecular weight excluding hydrogens is 352 g/mol. The maximum absolute atomic E-state index is 12.6. The van der Waals surface area contributed by atoms with Gasteiger partial charge in [0.15, 0.2) is 0 Å². The lowest BCUT2D eigenvalue weighted by molar-refractivity contribution is -0.149. The largest absolute Gasteiger partial charge is 0.375 e. The first-order valence-corrected chi connectivity index (χ1v) is 11.8. The third-order valence-corrected chi connectivity index (χ3v) is 7.79. The molecule has 28 heavy (non-hydrogen) atoms. The SMILES string of the molecule is O=C(CCC1CCCC1)N1CCC2(CC1)CC(CC(=O)N1CCCC1)CCO2. The van der Waals surface area contributed by atoms with Gasteiger partial charge in [-0.2, -0.15) is 0 Å². The predicted octanol–water partition coefficient (Wildman–Crippen LogP) is 3.76. The molecule has 1 atom stereocenters. The van der Waals surface area contributed by atoms with Crippen molar-refractivity contribution in [1.82, 2.24) is 9.80 Å². The zero-order valence-corrected chi connectivity index (χ0v) is 17.5. The van der Waals surface area contributed by atoms with Gasteiger partial charge in [0, 0.05) is 45.6 Å². The van der Waals surface area contributed by atoms with Gasteiger partial charge in [0.2, 0.25) is 11.8 Å². The average molecular weight is 391 g/mol. The van der Waals surface area contributed by atoms with E-state index in [0.717, 1.165) is 90.1 Å². The van der Waals surface area contributed by atoms with E-state index in [1.165, 1.54) is 25.7 Å². The minimum atomic E-state index is -0.0869. The Morgan fingerprint density at radius 1 is 0.821 bits per heavy atom. The van der Waals surface area contributed by atoms with E-state index in [9.17, 15) is 9.59 Å². The summed E-state index contributed by atoms with van der Waals surface area (Å²) < 4.78 is 6.25. The highest BCUT2D eigenvalue weighted by Crippen LogP contribution is 2.39. The van der Waals surface area contributed by atoms with Gasteiger partial charge in [-0.3, -0.25) is 9.59 Å². The van der Waals surface area contributed by atoms with Crippen molar-refractivity contribution in [2.24, 2.45) is 11.8 Å². The van der Waals surface area contributed by atoms with Crippen LogP contribution in [-0.4, -0.2) is 60.0 Å². The van der Waals surface area contributed by atoms with Crippen LogP contribution < -0.4 is 0 Å². The van der Waals surface area contributed by atoms with Gasteiger partial charge in [0.25, 0.3) is 0 Å². The molecule has 1 unspecified atom stereocenters. The van der Waals surface area contributed by atoms with Crippen LogP contribution in [0.3, 0.4) is 0 Å². The van der Waals surface area contributed by atoms with E-state index in [-0.39, 0.29) is 5.60 Å². The molecule has 1 spiro atoms. The number of carbonyl (C=O) groups excluding carboxylic acids is 2. The summed E-state index contributed by atoms with van der Waals surface area (Å²) in [4.78, 5) is 29.3. The summed E-state index contributed by atoms with van der Waals surface area (Å²) in [5.41, 5.74) is -0.0869. The number of hydrogen-bond donors (Lipinski definition) is 0.